The summed E-state index contributed by atoms with van der Waals surface area (Å²) in [6.07, 6.45) is -4.73. The van der Waals surface area contributed by atoms with Gasteiger partial charge in [0.05, 0.1) is 17.0 Å². The van der Waals surface area contributed by atoms with Crippen LogP contribution in [0.4, 0.5) is 18.9 Å². The topological polar surface area (TPSA) is 70.9 Å². The lowest BCUT2D eigenvalue weighted by atomic mass is 10.1. The van der Waals surface area contributed by atoms with Crippen molar-refractivity contribution in [2.45, 2.75) is 13.3 Å². The number of halogens is 3. The highest BCUT2D eigenvalue weighted by molar-refractivity contribution is 5.99. The summed E-state index contributed by atoms with van der Waals surface area (Å²) in [6.45, 7) is 1.68. The van der Waals surface area contributed by atoms with Crippen molar-refractivity contribution < 1.29 is 27.8 Å². The number of carboxylic acids is 1. The fourth-order valence-corrected chi connectivity index (χ4v) is 1.80. The molecule has 2 rings (SSSR count). The van der Waals surface area contributed by atoms with Crippen LogP contribution >= 0.6 is 0 Å². The molecule has 24 heavy (non-hydrogen) atoms. The molecule has 0 unspecified atom stereocenters. The van der Waals surface area contributed by atoms with E-state index in [0.717, 1.165) is 0 Å². The zero-order valence-electron chi connectivity index (χ0n) is 12.5. The Bertz CT molecular complexity index is 739. The van der Waals surface area contributed by atoms with E-state index in [1.54, 1.807) is 19.1 Å². The third-order valence-electron chi connectivity index (χ3n) is 2.99. The predicted molar refractivity (Wildman–Crippen MR) is 82.4 cm³/mol. The zero-order valence-corrected chi connectivity index (χ0v) is 12.5. The van der Waals surface area contributed by atoms with Gasteiger partial charge in [-0.2, -0.15) is 5.10 Å². The van der Waals surface area contributed by atoms with Gasteiger partial charge in [0.1, 0.15) is 5.75 Å². The Morgan fingerprint density at radius 1 is 1.04 bits per heavy atom. The van der Waals surface area contributed by atoms with Crippen LogP contribution in [0.2, 0.25) is 0 Å². The molecule has 0 spiro atoms. The largest absolute Gasteiger partial charge is 0.573 e. The van der Waals surface area contributed by atoms with Gasteiger partial charge in [0.25, 0.3) is 0 Å². The van der Waals surface area contributed by atoms with Crippen LogP contribution in [0.1, 0.15) is 22.8 Å². The van der Waals surface area contributed by atoms with E-state index in [1.165, 1.54) is 36.4 Å². The van der Waals surface area contributed by atoms with Crippen molar-refractivity contribution in [3.8, 4) is 5.75 Å². The van der Waals surface area contributed by atoms with Crippen LogP contribution in [0.25, 0.3) is 0 Å². The van der Waals surface area contributed by atoms with Crippen molar-refractivity contribution in [1.82, 2.24) is 0 Å². The SMILES string of the molecule is C/C(=N\Nc1ccc(C(=O)O)cc1)c1ccc(OC(F)(F)F)cc1. The molecule has 0 radical (unpaired) electrons. The van der Waals surface area contributed by atoms with E-state index in [0.29, 0.717) is 17.0 Å². The maximum Gasteiger partial charge on any atom is 0.573 e. The molecule has 2 aromatic carbocycles. The molecule has 0 bridgehead atoms. The van der Waals surface area contributed by atoms with Gasteiger partial charge in [-0.15, -0.1) is 13.2 Å². The van der Waals surface area contributed by atoms with Crippen molar-refractivity contribution in [1.29, 1.82) is 0 Å². The number of anilines is 1. The van der Waals surface area contributed by atoms with E-state index < -0.39 is 12.3 Å². The Morgan fingerprint density at radius 2 is 1.58 bits per heavy atom. The second-order valence-corrected chi connectivity index (χ2v) is 4.76. The van der Waals surface area contributed by atoms with Crippen molar-refractivity contribution in [2.75, 3.05) is 5.43 Å². The average Bonchev–Trinajstić information content (AvgIpc) is 2.52. The summed E-state index contributed by atoms with van der Waals surface area (Å²) in [6, 6.07) is 11.3. The van der Waals surface area contributed by atoms with Crippen molar-refractivity contribution >= 4 is 17.4 Å². The molecule has 0 fully saturated rings. The monoisotopic (exact) mass is 338 g/mol. The minimum atomic E-state index is -4.73. The lowest BCUT2D eigenvalue weighted by Gasteiger charge is -2.09. The van der Waals surface area contributed by atoms with Crippen LogP contribution in [0, 0.1) is 0 Å². The molecule has 0 heterocycles. The summed E-state index contributed by atoms with van der Waals surface area (Å²) < 4.78 is 40.1. The van der Waals surface area contributed by atoms with Gasteiger partial charge >= 0.3 is 12.3 Å². The summed E-state index contributed by atoms with van der Waals surface area (Å²) in [5.74, 6) is -1.33. The summed E-state index contributed by atoms with van der Waals surface area (Å²) in [5, 5.41) is 12.9. The maximum absolute atomic E-state index is 12.1. The van der Waals surface area contributed by atoms with E-state index >= 15 is 0 Å². The van der Waals surface area contributed by atoms with E-state index in [-0.39, 0.29) is 11.3 Å². The molecule has 126 valence electrons. The normalized spacial score (nSPS) is 11.9. The first-order valence-corrected chi connectivity index (χ1v) is 6.74. The molecule has 0 aliphatic carbocycles. The third kappa shape index (κ3) is 5.01. The molecule has 8 heteroatoms. The summed E-state index contributed by atoms with van der Waals surface area (Å²) >= 11 is 0. The molecule has 2 aromatic rings. The van der Waals surface area contributed by atoms with Crippen LogP contribution in [0.5, 0.6) is 5.75 Å². The fraction of sp³-hybridized carbons (Fsp3) is 0.125. The first-order valence-electron chi connectivity index (χ1n) is 6.74. The Balaban J connectivity index is 2.03. The number of hydrazone groups is 1. The number of carbonyl (C=O) groups is 1. The molecular weight excluding hydrogens is 325 g/mol. The molecule has 5 nitrogen and oxygen atoms in total. The summed E-state index contributed by atoms with van der Waals surface area (Å²) in [7, 11) is 0. The Morgan fingerprint density at radius 3 is 2.08 bits per heavy atom. The molecule has 0 aliphatic heterocycles. The molecule has 0 saturated heterocycles. The fourth-order valence-electron chi connectivity index (χ4n) is 1.80. The zero-order chi connectivity index (χ0) is 17.7. The maximum atomic E-state index is 12.1. The average molecular weight is 338 g/mol. The van der Waals surface area contributed by atoms with E-state index in [9.17, 15) is 18.0 Å². The van der Waals surface area contributed by atoms with Gasteiger partial charge < -0.3 is 9.84 Å². The number of hydrogen-bond acceptors (Lipinski definition) is 4. The lowest BCUT2D eigenvalue weighted by Crippen LogP contribution is -2.17. The third-order valence-corrected chi connectivity index (χ3v) is 2.99. The van der Waals surface area contributed by atoms with Gasteiger partial charge in [0.15, 0.2) is 0 Å². The number of carboxylic acid groups (broad SMARTS) is 1. The van der Waals surface area contributed by atoms with Crippen LogP contribution < -0.4 is 10.2 Å². The van der Waals surface area contributed by atoms with Gasteiger partial charge in [0, 0.05) is 0 Å². The number of alkyl halides is 3. The lowest BCUT2D eigenvalue weighted by molar-refractivity contribution is -0.274. The van der Waals surface area contributed by atoms with Crippen LogP contribution in [0.3, 0.4) is 0 Å². The minimum absolute atomic E-state index is 0.154. The smallest absolute Gasteiger partial charge is 0.478 e. The van der Waals surface area contributed by atoms with Crippen molar-refractivity contribution in [3.05, 3.63) is 59.7 Å². The number of nitrogens with zero attached hydrogens (tertiary/aromatic N) is 1. The molecule has 0 aromatic heterocycles. The number of benzene rings is 2. The summed E-state index contributed by atoms with van der Waals surface area (Å²) in [4.78, 5) is 10.7. The van der Waals surface area contributed by atoms with E-state index in [4.69, 9.17) is 5.11 Å². The van der Waals surface area contributed by atoms with Crippen LogP contribution in [-0.2, 0) is 0 Å². The predicted octanol–water partition coefficient (Wildman–Crippen LogP) is 4.12. The highest BCUT2D eigenvalue weighted by Gasteiger charge is 2.30. The van der Waals surface area contributed by atoms with Gasteiger partial charge in [-0.3, -0.25) is 5.43 Å². The number of ether oxygens (including phenoxy) is 1. The molecule has 0 saturated carbocycles. The first kappa shape index (κ1) is 17.3. The van der Waals surface area contributed by atoms with Gasteiger partial charge in [-0.1, -0.05) is 0 Å². The highest BCUT2D eigenvalue weighted by Crippen LogP contribution is 2.23. The standard InChI is InChI=1S/C16H13F3N2O3/c1-10(11-4-8-14(9-5-11)24-16(17,18)19)20-21-13-6-2-12(3-7-13)15(22)23/h2-9,21H,1H3,(H,22,23)/b20-10+. The number of nitrogens with one attached hydrogen (secondary N) is 1. The summed E-state index contributed by atoms with van der Waals surface area (Å²) in [5.41, 5.74) is 4.63. The Labute approximate surface area is 135 Å². The van der Waals surface area contributed by atoms with Gasteiger partial charge in [-0.05, 0) is 61.0 Å². The van der Waals surface area contributed by atoms with E-state index in [1.807, 2.05) is 0 Å². The minimum Gasteiger partial charge on any atom is -0.478 e. The number of hydrogen-bond donors (Lipinski definition) is 2. The van der Waals surface area contributed by atoms with Gasteiger partial charge in [-0.25, -0.2) is 4.79 Å². The highest BCUT2D eigenvalue weighted by atomic mass is 19.4. The Kier molecular flexibility index (Phi) is 5.08. The van der Waals surface area contributed by atoms with Gasteiger partial charge in [0.2, 0.25) is 0 Å². The van der Waals surface area contributed by atoms with Crippen molar-refractivity contribution in [3.63, 3.8) is 0 Å². The Hall–Kier alpha value is -3.03. The molecule has 2 N–H and O–H groups in total. The second kappa shape index (κ2) is 7.03. The van der Waals surface area contributed by atoms with Crippen LogP contribution in [-0.4, -0.2) is 23.1 Å². The van der Waals surface area contributed by atoms with E-state index in [2.05, 4.69) is 15.3 Å². The molecule has 0 atom stereocenters. The first-order chi connectivity index (χ1) is 11.2. The molecular formula is C16H13F3N2O3. The second-order valence-electron chi connectivity index (χ2n) is 4.76. The molecule has 0 amide bonds. The number of rotatable bonds is 5. The quantitative estimate of drug-likeness (QED) is 0.635. The van der Waals surface area contributed by atoms with Crippen molar-refractivity contribution in [2.24, 2.45) is 5.10 Å². The number of aromatic carboxylic acids is 1. The molecule has 0 aliphatic rings. The van der Waals surface area contributed by atoms with Crippen LogP contribution in [0.15, 0.2) is 53.6 Å².